The summed E-state index contributed by atoms with van der Waals surface area (Å²) in [4.78, 5) is 28.1. The lowest BCUT2D eigenvalue weighted by atomic mass is 9.98. The van der Waals surface area contributed by atoms with Crippen molar-refractivity contribution in [1.82, 2.24) is 4.90 Å². The van der Waals surface area contributed by atoms with Gasteiger partial charge < -0.3 is 18.8 Å². The minimum Gasteiger partial charge on any atom is -0.493 e. The van der Waals surface area contributed by atoms with Gasteiger partial charge in [0.15, 0.2) is 16.9 Å². The van der Waals surface area contributed by atoms with Crippen molar-refractivity contribution >= 4 is 16.9 Å². The van der Waals surface area contributed by atoms with Crippen molar-refractivity contribution in [2.24, 2.45) is 5.92 Å². The van der Waals surface area contributed by atoms with Crippen molar-refractivity contribution in [3.63, 3.8) is 0 Å². The standard InChI is InChI=1S/C25H27NO5/c1-5-26-22(16-10-11-19(20(14-16)29-4)30-13-12-15(2)3)21-23(27)17-8-6-7-9-18(17)31-24(21)25(26)28/h6-11,14-15,22H,5,12-13H2,1-4H3/t22-/m0/s1. The Bertz CT molecular complexity index is 1180. The van der Waals surface area contributed by atoms with Crippen LogP contribution in [0, 0.1) is 5.92 Å². The molecule has 1 atom stereocenters. The molecular weight excluding hydrogens is 394 g/mol. The van der Waals surface area contributed by atoms with E-state index in [2.05, 4.69) is 13.8 Å². The number of carbonyl (C=O) groups excluding carboxylic acids is 1. The van der Waals surface area contributed by atoms with E-state index in [1.165, 1.54) is 0 Å². The molecule has 0 saturated carbocycles. The highest BCUT2D eigenvalue weighted by Gasteiger charge is 2.42. The number of nitrogens with zero attached hydrogens (tertiary/aromatic N) is 1. The van der Waals surface area contributed by atoms with Crippen LogP contribution in [0.3, 0.4) is 0 Å². The van der Waals surface area contributed by atoms with Gasteiger partial charge in [-0.2, -0.15) is 0 Å². The largest absolute Gasteiger partial charge is 0.493 e. The molecule has 1 amide bonds. The Labute approximate surface area is 181 Å². The predicted octanol–water partition coefficient (Wildman–Crippen LogP) is 4.79. The third kappa shape index (κ3) is 3.67. The van der Waals surface area contributed by atoms with Gasteiger partial charge in [0.2, 0.25) is 5.76 Å². The second-order valence-corrected chi connectivity index (χ2v) is 8.11. The van der Waals surface area contributed by atoms with Crippen molar-refractivity contribution in [2.45, 2.75) is 33.2 Å². The topological polar surface area (TPSA) is 69.0 Å². The summed E-state index contributed by atoms with van der Waals surface area (Å²) in [7, 11) is 1.58. The van der Waals surface area contributed by atoms with Gasteiger partial charge in [-0.05, 0) is 49.1 Å². The van der Waals surface area contributed by atoms with Gasteiger partial charge in [0.05, 0.1) is 30.7 Å². The Morgan fingerprint density at radius 2 is 1.87 bits per heavy atom. The summed E-state index contributed by atoms with van der Waals surface area (Å²) in [5, 5.41) is 0.470. The molecule has 0 bridgehead atoms. The van der Waals surface area contributed by atoms with Crippen molar-refractivity contribution < 1.29 is 18.7 Å². The predicted molar refractivity (Wildman–Crippen MR) is 119 cm³/mol. The highest BCUT2D eigenvalue weighted by molar-refractivity contribution is 5.99. The van der Waals surface area contributed by atoms with Crippen molar-refractivity contribution in [3.8, 4) is 11.5 Å². The molecule has 31 heavy (non-hydrogen) atoms. The van der Waals surface area contributed by atoms with Gasteiger partial charge in [-0.1, -0.05) is 32.0 Å². The molecule has 0 unspecified atom stereocenters. The van der Waals surface area contributed by atoms with Crippen molar-refractivity contribution in [2.75, 3.05) is 20.3 Å². The maximum absolute atomic E-state index is 13.3. The molecule has 6 heteroatoms. The quantitative estimate of drug-likeness (QED) is 0.549. The molecule has 2 aromatic carbocycles. The van der Waals surface area contributed by atoms with E-state index >= 15 is 0 Å². The molecule has 0 fully saturated rings. The second-order valence-electron chi connectivity index (χ2n) is 8.11. The summed E-state index contributed by atoms with van der Waals surface area (Å²) in [6.07, 6.45) is 0.938. The summed E-state index contributed by atoms with van der Waals surface area (Å²) in [6, 6.07) is 12.0. The van der Waals surface area contributed by atoms with Crippen LogP contribution >= 0.6 is 0 Å². The van der Waals surface area contributed by atoms with E-state index in [1.54, 1.807) is 36.3 Å². The van der Waals surface area contributed by atoms with Gasteiger partial charge in [-0.25, -0.2) is 0 Å². The minimum absolute atomic E-state index is 0.117. The number of rotatable bonds is 7. The highest BCUT2D eigenvalue weighted by atomic mass is 16.5. The van der Waals surface area contributed by atoms with E-state index < -0.39 is 6.04 Å². The van der Waals surface area contributed by atoms with Crippen LogP contribution in [0.4, 0.5) is 0 Å². The van der Waals surface area contributed by atoms with Gasteiger partial charge in [-0.3, -0.25) is 9.59 Å². The number of para-hydroxylation sites is 1. The molecule has 2 heterocycles. The molecule has 1 aromatic heterocycles. The Morgan fingerprint density at radius 1 is 1.10 bits per heavy atom. The molecule has 162 valence electrons. The van der Waals surface area contributed by atoms with Gasteiger partial charge in [0, 0.05) is 6.54 Å². The molecular formula is C25H27NO5. The summed E-state index contributed by atoms with van der Waals surface area (Å²) in [5.41, 5.74) is 1.40. The molecule has 1 aliphatic heterocycles. The zero-order chi connectivity index (χ0) is 22.1. The summed E-state index contributed by atoms with van der Waals surface area (Å²) < 4.78 is 17.3. The summed E-state index contributed by atoms with van der Waals surface area (Å²) in [5.74, 6) is 1.60. The van der Waals surface area contributed by atoms with Gasteiger partial charge >= 0.3 is 0 Å². The molecule has 3 aromatic rings. The second kappa shape index (κ2) is 8.46. The van der Waals surface area contributed by atoms with Crippen LogP contribution in [0.5, 0.6) is 11.5 Å². The average molecular weight is 421 g/mol. The molecule has 4 rings (SSSR count). The first-order chi connectivity index (χ1) is 15.0. The van der Waals surface area contributed by atoms with Crippen LogP contribution < -0.4 is 14.9 Å². The lowest BCUT2D eigenvalue weighted by Crippen LogP contribution is -2.29. The molecule has 0 saturated heterocycles. The number of ether oxygens (including phenoxy) is 2. The normalized spacial score (nSPS) is 15.6. The zero-order valence-corrected chi connectivity index (χ0v) is 18.3. The first-order valence-electron chi connectivity index (χ1n) is 10.6. The summed E-state index contributed by atoms with van der Waals surface area (Å²) >= 11 is 0. The van der Waals surface area contributed by atoms with E-state index in [-0.39, 0.29) is 17.1 Å². The van der Waals surface area contributed by atoms with Crippen LogP contribution in [0.15, 0.2) is 51.7 Å². The minimum atomic E-state index is -0.535. The Morgan fingerprint density at radius 3 is 2.58 bits per heavy atom. The van der Waals surface area contributed by atoms with Crippen LogP contribution in [-0.4, -0.2) is 31.1 Å². The number of hydrogen-bond acceptors (Lipinski definition) is 5. The SMILES string of the molecule is CCN1C(=O)c2oc3ccccc3c(=O)c2[C@@H]1c1ccc(OCCC(C)C)c(OC)c1. The van der Waals surface area contributed by atoms with Crippen LogP contribution in [0.25, 0.3) is 11.0 Å². The van der Waals surface area contributed by atoms with Gasteiger partial charge in [-0.15, -0.1) is 0 Å². The zero-order valence-electron chi connectivity index (χ0n) is 18.3. The smallest absolute Gasteiger partial charge is 0.290 e. The first kappa shape index (κ1) is 21.0. The van der Waals surface area contributed by atoms with E-state index in [0.29, 0.717) is 47.1 Å². The molecule has 0 spiro atoms. The van der Waals surface area contributed by atoms with Crippen LogP contribution in [0.2, 0.25) is 0 Å². The number of amides is 1. The third-order valence-electron chi connectivity index (χ3n) is 5.67. The Balaban J connectivity index is 1.80. The Kier molecular flexibility index (Phi) is 5.72. The number of methoxy groups -OCH3 is 1. The highest BCUT2D eigenvalue weighted by Crippen LogP contribution is 2.40. The lowest BCUT2D eigenvalue weighted by Gasteiger charge is -2.24. The fourth-order valence-corrected chi connectivity index (χ4v) is 4.02. The number of benzene rings is 2. The summed E-state index contributed by atoms with van der Waals surface area (Å²) in [6.45, 7) is 7.22. The van der Waals surface area contributed by atoms with E-state index in [9.17, 15) is 9.59 Å². The lowest BCUT2D eigenvalue weighted by molar-refractivity contribution is 0.0737. The monoisotopic (exact) mass is 421 g/mol. The van der Waals surface area contributed by atoms with E-state index in [0.717, 1.165) is 12.0 Å². The molecule has 6 nitrogen and oxygen atoms in total. The Hall–Kier alpha value is -3.28. The van der Waals surface area contributed by atoms with Crippen molar-refractivity contribution in [1.29, 1.82) is 0 Å². The molecule has 0 aliphatic carbocycles. The molecule has 0 radical (unpaired) electrons. The number of carbonyl (C=O) groups is 1. The van der Waals surface area contributed by atoms with Crippen LogP contribution in [0.1, 0.15) is 54.9 Å². The molecule has 1 aliphatic rings. The van der Waals surface area contributed by atoms with Crippen LogP contribution in [-0.2, 0) is 0 Å². The average Bonchev–Trinajstić information content (AvgIpc) is 3.05. The van der Waals surface area contributed by atoms with E-state index in [4.69, 9.17) is 13.9 Å². The van der Waals surface area contributed by atoms with Crippen molar-refractivity contribution in [3.05, 3.63) is 69.6 Å². The first-order valence-corrected chi connectivity index (χ1v) is 10.6. The molecule has 0 N–H and O–H groups in total. The van der Waals surface area contributed by atoms with Gasteiger partial charge in [0.1, 0.15) is 5.58 Å². The van der Waals surface area contributed by atoms with Gasteiger partial charge in [0.25, 0.3) is 5.91 Å². The fourth-order valence-electron chi connectivity index (χ4n) is 4.02. The number of hydrogen-bond donors (Lipinski definition) is 0. The maximum Gasteiger partial charge on any atom is 0.290 e. The fraction of sp³-hybridized carbons (Fsp3) is 0.360. The number of fused-ring (bicyclic) bond motifs is 2. The van der Waals surface area contributed by atoms with E-state index in [1.807, 2.05) is 25.1 Å². The maximum atomic E-state index is 13.3. The third-order valence-corrected chi connectivity index (χ3v) is 5.67.